The van der Waals surface area contributed by atoms with Gasteiger partial charge in [-0.25, -0.2) is 4.79 Å². The Bertz CT molecular complexity index is 861. The lowest BCUT2D eigenvalue weighted by Crippen LogP contribution is -2.59. The highest BCUT2D eigenvalue weighted by molar-refractivity contribution is 6.00. The lowest BCUT2D eigenvalue weighted by Gasteiger charge is -2.62. The third-order valence-corrected chi connectivity index (χ3v) is 11.6. The van der Waals surface area contributed by atoms with E-state index < -0.39 is 0 Å². The van der Waals surface area contributed by atoms with E-state index in [0.717, 1.165) is 24.8 Å². The van der Waals surface area contributed by atoms with Crippen molar-refractivity contribution in [2.24, 2.45) is 38.9 Å². The van der Waals surface area contributed by atoms with Gasteiger partial charge >= 0.3 is 6.09 Å². The van der Waals surface area contributed by atoms with Crippen molar-refractivity contribution >= 4 is 11.9 Å². The highest BCUT2D eigenvalue weighted by atomic mass is 16.5. The van der Waals surface area contributed by atoms with E-state index in [1.165, 1.54) is 32.1 Å². The fourth-order valence-corrected chi connectivity index (χ4v) is 10.1. The molecule has 0 unspecified atom stereocenters. The van der Waals surface area contributed by atoms with Crippen LogP contribution in [0.5, 0.6) is 0 Å². The van der Waals surface area contributed by atoms with Crippen LogP contribution in [-0.4, -0.2) is 24.5 Å². The predicted molar refractivity (Wildman–Crippen MR) is 121 cm³/mol. The summed E-state index contributed by atoms with van der Waals surface area (Å²) in [5.74, 6) is 1.70. The lowest BCUT2D eigenvalue weighted by molar-refractivity contribution is -0.129. The van der Waals surface area contributed by atoms with Gasteiger partial charge in [0.2, 0.25) is 0 Å². The van der Waals surface area contributed by atoms with Crippen molar-refractivity contribution in [1.29, 1.82) is 0 Å². The number of fused-ring (bicyclic) bond motifs is 2. The summed E-state index contributed by atoms with van der Waals surface area (Å²) in [7, 11) is 0. The number of carbonyl (C=O) groups is 2. The number of rotatable bonds is 2. The average molecular weight is 428 g/mol. The monoisotopic (exact) mass is 427 g/mol. The molecule has 0 aromatic heterocycles. The molecule has 5 fully saturated rings. The number of allylic oxidation sites excluding steroid dienone is 2. The Morgan fingerprint density at radius 1 is 1.06 bits per heavy atom. The fraction of sp³-hybridized carbons (Fsp3) is 0.852. The highest BCUT2D eigenvalue weighted by Gasteiger charge is 2.82. The zero-order valence-electron chi connectivity index (χ0n) is 20.4. The number of hydrogen-bond acceptors (Lipinski definition) is 3. The van der Waals surface area contributed by atoms with Crippen LogP contribution < -0.4 is 5.32 Å². The summed E-state index contributed by atoms with van der Waals surface area (Å²) in [6.07, 6.45) is 11.1. The first kappa shape index (κ1) is 21.5. The highest BCUT2D eigenvalue weighted by Crippen LogP contribution is 2.88. The van der Waals surface area contributed by atoms with Crippen LogP contribution in [0.2, 0.25) is 0 Å². The van der Waals surface area contributed by atoms with E-state index in [4.69, 9.17) is 4.74 Å². The molecule has 172 valence electrons. The van der Waals surface area contributed by atoms with Gasteiger partial charge in [0.25, 0.3) is 0 Å². The Morgan fingerprint density at radius 2 is 1.74 bits per heavy atom. The molecule has 5 saturated carbocycles. The Hall–Kier alpha value is -1.32. The van der Waals surface area contributed by atoms with Crippen molar-refractivity contribution < 1.29 is 14.3 Å². The molecule has 7 atom stereocenters. The summed E-state index contributed by atoms with van der Waals surface area (Å²) in [5, 5.41) is 3.20. The molecular formula is C27H41NO3. The van der Waals surface area contributed by atoms with E-state index in [1.54, 1.807) is 0 Å². The number of ketones is 1. The van der Waals surface area contributed by atoms with Gasteiger partial charge in [-0.05, 0) is 97.9 Å². The van der Waals surface area contributed by atoms with Crippen LogP contribution in [0.1, 0.15) is 92.9 Å². The molecule has 2 spiro atoms. The third kappa shape index (κ3) is 2.38. The van der Waals surface area contributed by atoms with Gasteiger partial charge < -0.3 is 10.1 Å². The maximum Gasteiger partial charge on any atom is 0.407 e. The van der Waals surface area contributed by atoms with E-state index in [0.29, 0.717) is 35.1 Å². The molecule has 0 heterocycles. The smallest absolute Gasteiger partial charge is 0.407 e. The minimum absolute atomic E-state index is 0.0452. The van der Waals surface area contributed by atoms with Crippen molar-refractivity contribution in [2.75, 3.05) is 6.61 Å². The van der Waals surface area contributed by atoms with Gasteiger partial charge in [0.15, 0.2) is 5.78 Å². The second-order valence-corrected chi connectivity index (χ2v) is 12.5. The number of hydrogen-bond donors (Lipinski definition) is 1. The molecule has 5 aliphatic rings. The maximum atomic E-state index is 13.0. The molecule has 5 rings (SSSR count). The molecule has 1 N–H and O–H groups in total. The zero-order chi connectivity index (χ0) is 22.4. The number of alkyl carbamates (subject to hydrolysis) is 1. The van der Waals surface area contributed by atoms with Gasteiger partial charge in [-0.1, -0.05) is 33.8 Å². The first-order chi connectivity index (χ1) is 14.5. The van der Waals surface area contributed by atoms with Gasteiger partial charge in [0, 0.05) is 17.9 Å². The molecule has 0 bridgehead atoms. The van der Waals surface area contributed by atoms with Crippen molar-refractivity contribution in [3.05, 3.63) is 11.6 Å². The molecule has 0 aromatic rings. The van der Waals surface area contributed by atoms with E-state index >= 15 is 0 Å². The minimum Gasteiger partial charge on any atom is -0.450 e. The molecule has 0 aliphatic heterocycles. The van der Waals surface area contributed by atoms with Crippen molar-refractivity contribution in [1.82, 2.24) is 5.32 Å². The molecule has 4 heteroatoms. The van der Waals surface area contributed by atoms with E-state index in [1.807, 2.05) is 6.92 Å². The van der Waals surface area contributed by atoms with E-state index in [2.05, 4.69) is 46.0 Å². The van der Waals surface area contributed by atoms with E-state index in [9.17, 15) is 9.59 Å². The summed E-state index contributed by atoms with van der Waals surface area (Å²) in [6.45, 7) is 14.0. The maximum absolute atomic E-state index is 13.0. The lowest BCUT2D eigenvalue weighted by atomic mass is 9.42. The molecular weight excluding hydrogens is 386 g/mol. The zero-order valence-corrected chi connectivity index (χ0v) is 20.4. The quantitative estimate of drug-likeness (QED) is 0.546. The Labute approximate surface area is 187 Å². The Kier molecular flexibility index (Phi) is 4.43. The number of carbonyl (C=O) groups excluding carboxylic acids is 2. The largest absolute Gasteiger partial charge is 0.450 e. The van der Waals surface area contributed by atoms with Crippen molar-refractivity contribution in [2.45, 2.75) is 99.0 Å². The molecule has 0 radical (unpaired) electrons. The first-order valence-electron chi connectivity index (χ1n) is 12.7. The van der Waals surface area contributed by atoms with Gasteiger partial charge in [-0.3, -0.25) is 4.79 Å². The minimum atomic E-state index is -0.264. The van der Waals surface area contributed by atoms with Crippen molar-refractivity contribution in [3.63, 3.8) is 0 Å². The fourth-order valence-electron chi connectivity index (χ4n) is 10.1. The standard InChI is InChI=1S/C27H41NO3/c1-7-17-18(29)15-25(6)20-10-9-19-23(3,4)21(28-22(30)31-8-2)11-12-26(19)16-27(20,26)14-13-24(17,25)5/h7,19-21H,8-16H2,1-6H3,(H,28,30)/t19-,20-,21-,24+,25-,26+,27-/m0/s1. The van der Waals surface area contributed by atoms with Crippen LogP contribution in [0.25, 0.3) is 0 Å². The van der Waals surface area contributed by atoms with Crippen molar-refractivity contribution in [3.8, 4) is 0 Å². The van der Waals surface area contributed by atoms with Gasteiger partial charge in [0.1, 0.15) is 0 Å². The summed E-state index contributed by atoms with van der Waals surface area (Å²) in [5.41, 5.74) is 2.16. The molecule has 1 amide bonds. The van der Waals surface area contributed by atoms with Crippen LogP contribution in [0, 0.1) is 38.9 Å². The second kappa shape index (κ2) is 6.38. The Morgan fingerprint density at radius 3 is 2.42 bits per heavy atom. The average Bonchev–Trinajstić information content (AvgIpc) is 3.30. The molecule has 0 aromatic carbocycles. The summed E-state index contributed by atoms with van der Waals surface area (Å²) in [6, 6.07) is 0.184. The van der Waals surface area contributed by atoms with Gasteiger partial charge in [0.05, 0.1) is 6.61 Å². The van der Waals surface area contributed by atoms with Crippen LogP contribution in [0.4, 0.5) is 4.79 Å². The SMILES string of the molecule is CC=C1C(=O)C[C@@]2(C)[C@@H]3CC[C@H]4C(C)(C)[C@@H](NC(=O)OCC)CC[C@@]45C[C@@]35CC[C@]12C. The van der Waals surface area contributed by atoms with Gasteiger partial charge in [-0.2, -0.15) is 0 Å². The summed E-state index contributed by atoms with van der Waals surface area (Å²) < 4.78 is 5.21. The third-order valence-electron chi connectivity index (χ3n) is 11.6. The van der Waals surface area contributed by atoms with Crippen LogP contribution >= 0.6 is 0 Å². The number of nitrogens with one attached hydrogen (secondary N) is 1. The molecule has 5 aliphatic carbocycles. The van der Waals surface area contributed by atoms with E-state index in [-0.39, 0.29) is 28.4 Å². The first-order valence-corrected chi connectivity index (χ1v) is 12.7. The van der Waals surface area contributed by atoms with Gasteiger partial charge in [-0.15, -0.1) is 0 Å². The van der Waals surface area contributed by atoms with Crippen LogP contribution in [0.3, 0.4) is 0 Å². The van der Waals surface area contributed by atoms with Crippen LogP contribution in [-0.2, 0) is 9.53 Å². The second-order valence-electron chi connectivity index (χ2n) is 12.5. The predicted octanol–water partition coefficient (Wildman–Crippen LogP) is 6.05. The van der Waals surface area contributed by atoms with Crippen LogP contribution in [0.15, 0.2) is 11.6 Å². The molecule has 0 saturated heterocycles. The summed E-state index contributed by atoms with van der Waals surface area (Å²) in [4.78, 5) is 25.2. The number of amides is 1. The number of Topliss-reactive ketones (excluding diaryl/α,β-unsaturated/α-hetero) is 1. The topological polar surface area (TPSA) is 55.4 Å². The number of ether oxygens (including phenoxy) is 1. The summed E-state index contributed by atoms with van der Waals surface area (Å²) >= 11 is 0. The molecule has 4 nitrogen and oxygen atoms in total. The Balaban J connectivity index is 1.46. The normalized spacial score (nSPS) is 50.7. The molecule has 31 heavy (non-hydrogen) atoms.